The van der Waals surface area contributed by atoms with Gasteiger partial charge < -0.3 is 0 Å². The molecule has 0 aliphatic carbocycles. The molecule has 216 valence electrons. The van der Waals surface area contributed by atoms with Crippen molar-refractivity contribution in [1.82, 2.24) is 0 Å². The van der Waals surface area contributed by atoms with E-state index in [-0.39, 0.29) is 16.2 Å². The molecule has 40 heavy (non-hydrogen) atoms. The van der Waals surface area contributed by atoms with Crippen LogP contribution in [0.25, 0.3) is 0 Å². The quantitative estimate of drug-likeness (QED) is 0.273. The summed E-state index contributed by atoms with van der Waals surface area (Å²) in [5.41, 5.74) is 13.0. The number of benzene rings is 3. The van der Waals surface area contributed by atoms with E-state index in [1.54, 1.807) is 15.6 Å². The molecule has 0 fully saturated rings. The number of aryl methyl sites for hydroxylation is 6. The molecular weight excluding hydrogens is 518 g/mol. The van der Waals surface area contributed by atoms with Crippen LogP contribution in [0.3, 0.4) is 0 Å². The summed E-state index contributed by atoms with van der Waals surface area (Å²) in [5.74, 6) is 0. The zero-order chi connectivity index (χ0) is 30.5. The van der Waals surface area contributed by atoms with Crippen molar-refractivity contribution in [2.75, 3.05) is 0 Å². The van der Waals surface area contributed by atoms with E-state index in [0.29, 0.717) is 0 Å². The first-order valence-electron chi connectivity index (χ1n) is 14.8. The van der Waals surface area contributed by atoms with Crippen LogP contribution >= 0.6 is 16.1 Å². The normalized spacial score (nSPS) is 13.4. The molecule has 0 saturated carbocycles. The van der Waals surface area contributed by atoms with E-state index in [2.05, 4.69) is 147 Å². The van der Waals surface area contributed by atoms with Gasteiger partial charge in [0.25, 0.3) is 0 Å². The predicted octanol–water partition coefficient (Wildman–Crippen LogP) is 10.3. The van der Waals surface area contributed by atoms with E-state index in [9.17, 15) is 0 Å². The molecule has 0 aliphatic rings. The van der Waals surface area contributed by atoms with Gasteiger partial charge in [0.2, 0.25) is 0 Å². The summed E-state index contributed by atoms with van der Waals surface area (Å²) in [7, 11) is 0.692. The topological polar surface area (TPSA) is 0 Å². The van der Waals surface area contributed by atoms with Crippen LogP contribution in [0.15, 0.2) is 36.4 Å². The summed E-state index contributed by atoms with van der Waals surface area (Å²) in [5, 5.41) is 6.17. The minimum atomic E-state index is -0.666. The second kappa shape index (κ2) is 11.5. The number of rotatable bonds is 4. The Morgan fingerprint density at radius 3 is 1.12 bits per heavy atom. The van der Waals surface area contributed by atoms with E-state index in [1.165, 1.54) is 63.6 Å². The molecule has 0 radical (unpaired) electrons. The van der Waals surface area contributed by atoms with Crippen LogP contribution in [0, 0.1) is 41.5 Å². The van der Waals surface area contributed by atoms with Gasteiger partial charge in [0.1, 0.15) is 0 Å². The molecule has 0 bridgehead atoms. The highest BCUT2D eigenvalue weighted by molar-refractivity contribution is 7.96. The first-order valence-corrected chi connectivity index (χ1v) is 17.1. The molecule has 0 nitrogen and oxygen atoms in total. The molecule has 0 heterocycles. The van der Waals surface area contributed by atoms with Crippen molar-refractivity contribution in [2.24, 2.45) is 0 Å². The van der Waals surface area contributed by atoms with Gasteiger partial charge in [-0.1, -0.05) is 118 Å². The molecule has 0 N–H and O–H groups in total. The maximum Gasteiger partial charge on any atom is 0.00958 e. The van der Waals surface area contributed by atoms with Crippen molar-refractivity contribution in [3.05, 3.63) is 86.5 Å². The highest BCUT2D eigenvalue weighted by Gasteiger charge is 2.30. The summed E-state index contributed by atoms with van der Waals surface area (Å²) in [6.45, 7) is 37.6. The Morgan fingerprint density at radius 2 is 0.850 bits per heavy atom. The second-order valence-electron chi connectivity index (χ2n) is 15.2. The van der Waals surface area contributed by atoms with Gasteiger partial charge >= 0.3 is 0 Å². The number of hydrogen-bond donors (Lipinski definition) is 0. The Morgan fingerprint density at radius 1 is 0.525 bits per heavy atom. The zero-order valence-electron chi connectivity index (χ0n) is 28.4. The van der Waals surface area contributed by atoms with Crippen LogP contribution < -0.4 is 15.9 Å². The van der Waals surface area contributed by atoms with Gasteiger partial charge in [-0.15, -0.1) is 0 Å². The fourth-order valence-corrected chi connectivity index (χ4v) is 11.2. The Bertz CT molecular complexity index is 1310. The standard InChI is InChI=1S/C38H54P2/c1-23-17-25(3)34(26(4)18-23)40(35-27(5)19-24(2)20-28(35)6)29(7)39-33-31(37(11,12)13)21-30(36(8,9)10)22-32(33)38(14,15)16/h17-22H,1-16H3. The van der Waals surface area contributed by atoms with Gasteiger partial charge in [0, 0.05) is 5.30 Å². The van der Waals surface area contributed by atoms with Crippen molar-refractivity contribution in [2.45, 2.75) is 127 Å². The average Bonchev–Trinajstić information content (AvgIpc) is 2.74. The maximum atomic E-state index is 2.53. The van der Waals surface area contributed by atoms with Crippen LogP contribution in [0.4, 0.5) is 0 Å². The molecule has 2 heteroatoms. The third-order valence-electron chi connectivity index (χ3n) is 7.91. The number of hydrogen-bond acceptors (Lipinski definition) is 0. The molecule has 3 aromatic rings. The average molecular weight is 573 g/mol. The molecule has 0 saturated heterocycles. The Labute approximate surface area is 250 Å². The zero-order valence-corrected chi connectivity index (χ0v) is 30.1. The monoisotopic (exact) mass is 572 g/mol. The minimum Gasteiger partial charge on any atom is -0.0634 e. The summed E-state index contributed by atoms with van der Waals surface area (Å²) < 4.78 is 0. The van der Waals surface area contributed by atoms with Crippen LogP contribution in [-0.2, 0) is 16.2 Å². The SMILES string of the molecule is CC(=Pc1c(C(C)(C)C)cc(C(C)(C)C)cc1C(C)(C)C)P(c1c(C)cc(C)cc1C)c1c(C)cc(C)cc1C. The van der Waals surface area contributed by atoms with Crippen LogP contribution in [0.1, 0.15) is 119 Å². The van der Waals surface area contributed by atoms with Crippen molar-refractivity contribution in [3.8, 4) is 0 Å². The lowest BCUT2D eigenvalue weighted by Gasteiger charge is -2.33. The summed E-state index contributed by atoms with van der Waals surface area (Å²) in [6, 6.07) is 14.6. The van der Waals surface area contributed by atoms with Gasteiger partial charge in [-0.05, 0) is 127 Å². The minimum absolute atomic E-state index is 0.0536. The molecule has 0 aromatic heterocycles. The Balaban J connectivity index is 2.50. The van der Waals surface area contributed by atoms with E-state index >= 15 is 0 Å². The van der Waals surface area contributed by atoms with Gasteiger partial charge in [0.15, 0.2) is 0 Å². The second-order valence-corrected chi connectivity index (χ2v) is 19.1. The van der Waals surface area contributed by atoms with Crippen molar-refractivity contribution < 1.29 is 0 Å². The molecule has 3 rings (SSSR count). The summed E-state index contributed by atoms with van der Waals surface area (Å²) in [6.07, 6.45) is 0. The Hall–Kier alpha value is -1.74. The van der Waals surface area contributed by atoms with Crippen LogP contribution in [0.2, 0.25) is 0 Å². The largest absolute Gasteiger partial charge is 0.0634 e. The van der Waals surface area contributed by atoms with E-state index < -0.39 is 7.92 Å². The van der Waals surface area contributed by atoms with E-state index in [0.717, 1.165) is 0 Å². The molecule has 0 spiro atoms. The molecule has 0 amide bonds. The third kappa shape index (κ3) is 7.00. The fourth-order valence-electron chi connectivity index (χ4n) is 6.03. The highest BCUT2D eigenvalue weighted by atomic mass is 31.1. The lowest BCUT2D eigenvalue weighted by atomic mass is 9.75. The van der Waals surface area contributed by atoms with Gasteiger partial charge in [-0.25, -0.2) is 0 Å². The first-order chi connectivity index (χ1) is 18.1. The molecule has 0 aliphatic heterocycles. The third-order valence-corrected chi connectivity index (χ3v) is 12.8. The van der Waals surface area contributed by atoms with E-state index in [4.69, 9.17) is 0 Å². The molecule has 0 unspecified atom stereocenters. The van der Waals surface area contributed by atoms with E-state index in [1.807, 2.05) is 0 Å². The maximum absolute atomic E-state index is 2.53. The smallest absolute Gasteiger partial charge is 0.00958 e. The van der Waals surface area contributed by atoms with Crippen molar-refractivity contribution in [1.29, 1.82) is 0 Å². The molecule has 3 aromatic carbocycles. The predicted molar refractivity (Wildman–Crippen MR) is 187 cm³/mol. The lowest BCUT2D eigenvalue weighted by molar-refractivity contribution is 0.554. The highest BCUT2D eigenvalue weighted by Crippen LogP contribution is 2.44. The van der Waals surface area contributed by atoms with Crippen molar-refractivity contribution in [3.63, 3.8) is 0 Å². The molecular formula is C38H54P2. The van der Waals surface area contributed by atoms with Gasteiger partial charge in [-0.3, -0.25) is 0 Å². The van der Waals surface area contributed by atoms with Gasteiger partial charge in [-0.2, -0.15) is 0 Å². The van der Waals surface area contributed by atoms with Crippen LogP contribution in [-0.4, -0.2) is 5.03 Å². The summed E-state index contributed by atoms with van der Waals surface area (Å²) in [4.78, 5) is 0. The molecule has 0 atom stereocenters. The Kier molecular flexibility index (Phi) is 9.42. The fraction of sp³-hybridized carbons (Fsp3) is 0.500. The van der Waals surface area contributed by atoms with Crippen molar-refractivity contribution >= 4 is 37.1 Å². The summed E-state index contributed by atoms with van der Waals surface area (Å²) >= 11 is 0. The lowest BCUT2D eigenvalue weighted by Crippen LogP contribution is -2.30. The van der Waals surface area contributed by atoms with Gasteiger partial charge in [0.05, 0.1) is 0 Å². The van der Waals surface area contributed by atoms with Crippen LogP contribution in [0.5, 0.6) is 0 Å². The first kappa shape index (κ1) is 32.8.